The second-order valence-electron chi connectivity index (χ2n) is 7.62. The molecule has 5 nitrogen and oxygen atoms in total. The third-order valence-corrected chi connectivity index (χ3v) is 5.65. The van der Waals surface area contributed by atoms with Crippen LogP contribution in [0, 0.1) is 12.8 Å². The van der Waals surface area contributed by atoms with Gasteiger partial charge in [-0.25, -0.2) is 0 Å². The SMILES string of the molecule is Cc1cccc([C@H]2SCC(=O)N2[C@@H](CC(C)C)C(=O)NCCN(C)C)c1. The molecule has 2 rings (SSSR count). The second-order valence-corrected chi connectivity index (χ2v) is 8.69. The highest BCUT2D eigenvalue weighted by Gasteiger charge is 2.40. The third kappa shape index (κ3) is 5.48. The van der Waals surface area contributed by atoms with E-state index in [0.29, 0.717) is 24.6 Å². The lowest BCUT2D eigenvalue weighted by molar-refractivity contribution is -0.139. The molecular weight excluding hydrogens is 346 g/mol. The van der Waals surface area contributed by atoms with Crippen molar-refractivity contribution in [1.82, 2.24) is 15.1 Å². The largest absolute Gasteiger partial charge is 0.353 e. The standard InChI is InChI=1S/C20H31N3O2S/c1-14(2)11-17(19(25)21-9-10-22(4)5)23-18(24)13-26-20(23)16-8-6-7-15(3)12-16/h6-8,12,14,17,20H,9-11,13H2,1-5H3,(H,21,25)/t17-,20+/m0/s1. The molecule has 0 radical (unpaired) electrons. The Balaban J connectivity index is 2.22. The molecule has 0 bridgehead atoms. The van der Waals surface area contributed by atoms with Crippen LogP contribution in [0.2, 0.25) is 0 Å². The van der Waals surface area contributed by atoms with E-state index < -0.39 is 6.04 Å². The average Bonchev–Trinajstić information content (AvgIpc) is 2.93. The van der Waals surface area contributed by atoms with Crippen molar-refractivity contribution in [2.45, 2.75) is 38.6 Å². The average molecular weight is 378 g/mol. The van der Waals surface area contributed by atoms with E-state index in [1.807, 2.05) is 36.0 Å². The molecule has 0 spiro atoms. The molecule has 1 heterocycles. The van der Waals surface area contributed by atoms with Crippen molar-refractivity contribution >= 4 is 23.6 Å². The summed E-state index contributed by atoms with van der Waals surface area (Å²) in [5.74, 6) is 0.762. The van der Waals surface area contributed by atoms with Crippen molar-refractivity contribution in [1.29, 1.82) is 0 Å². The smallest absolute Gasteiger partial charge is 0.242 e. The minimum Gasteiger partial charge on any atom is -0.353 e. The Morgan fingerprint density at radius 2 is 2.12 bits per heavy atom. The number of amides is 2. The van der Waals surface area contributed by atoms with E-state index in [1.54, 1.807) is 11.8 Å². The quantitative estimate of drug-likeness (QED) is 0.757. The van der Waals surface area contributed by atoms with Gasteiger partial charge in [-0.1, -0.05) is 43.7 Å². The highest BCUT2D eigenvalue weighted by atomic mass is 32.2. The maximum absolute atomic E-state index is 12.9. The number of thioether (sulfide) groups is 1. The summed E-state index contributed by atoms with van der Waals surface area (Å²) in [4.78, 5) is 29.4. The lowest BCUT2D eigenvalue weighted by Gasteiger charge is -2.33. The molecule has 1 aromatic rings. The Hall–Kier alpha value is -1.53. The van der Waals surface area contributed by atoms with E-state index in [-0.39, 0.29) is 17.2 Å². The fraction of sp³-hybridized carbons (Fsp3) is 0.600. The minimum absolute atomic E-state index is 0.0472. The van der Waals surface area contributed by atoms with Crippen LogP contribution < -0.4 is 5.32 Å². The summed E-state index contributed by atoms with van der Waals surface area (Å²) in [7, 11) is 3.96. The Bertz CT molecular complexity index is 633. The number of benzene rings is 1. The number of carbonyl (C=O) groups excluding carboxylic acids is 2. The molecular formula is C20H31N3O2S. The Morgan fingerprint density at radius 1 is 1.38 bits per heavy atom. The molecule has 0 aliphatic carbocycles. The fourth-order valence-electron chi connectivity index (χ4n) is 3.17. The topological polar surface area (TPSA) is 52.7 Å². The van der Waals surface area contributed by atoms with Crippen LogP contribution in [-0.2, 0) is 9.59 Å². The Labute approximate surface area is 161 Å². The first kappa shape index (κ1) is 20.8. The van der Waals surface area contributed by atoms with Gasteiger partial charge in [0, 0.05) is 13.1 Å². The molecule has 0 unspecified atom stereocenters. The van der Waals surface area contributed by atoms with Gasteiger partial charge in [0.15, 0.2) is 0 Å². The summed E-state index contributed by atoms with van der Waals surface area (Å²) < 4.78 is 0. The van der Waals surface area contributed by atoms with Gasteiger partial charge in [-0.2, -0.15) is 0 Å². The van der Waals surface area contributed by atoms with Crippen LogP contribution in [0.5, 0.6) is 0 Å². The van der Waals surface area contributed by atoms with Gasteiger partial charge in [-0.05, 0) is 38.9 Å². The number of rotatable bonds is 8. The van der Waals surface area contributed by atoms with Crippen LogP contribution in [-0.4, -0.2) is 60.6 Å². The van der Waals surface area contributed by atoms with Gasteiger partial charge in [0.2, 0.25) is 11.8 Å². The number of nitrogens with one attached hydrogen (secondary N) is 1. The maximum Gasteiger partial charge on any atom is 0.242 e. The van der Waals surface area contributed by atoms with E-state index >= 15 is 0 Å². The molecule has 26 heavy (non-hydrogen) atoms. The molecule has 1 fully saturated rings. The predicted molar refractivity (Wildman–Crippen MR) is 108 cm³/mol. The highest BCUT2D eigenvalue weighted by molar-refractivity contribution is 8.00. The van der Waals surface area contributed by atoms with Gasteiger partial charge in [0.1, 0.15) is 11.4 Å². The van der Waals surface area contributed by atoms with Gasteiger partial charge in [-0.3, -0.25) is 9.59 Å². The monoisotopic (exact) mass is 377 g/mol. The summed E-state index contributed by atoms with van der Waals surface area (Å²) in [6.45, 7) is 7.61. The molecule has 0 saturated carbocycles. The molecule has 2 atom stereocenters. The van der Waals surface area contributed by atoms with Gasteiger partial charge < -0.3 is 15.1 Å². The van der Waals surface area contributed by atoms with Gasteiger partial charge >= 0.3 is 0 Å². The molecule has 144 valence electrons. The predicted octanol–water partition coefficient (Wildman–Crippen LogP) is 2.66. The zero-order valence-electron chi connectivity index (χ0n) is 16.5. The van der Waals surface area contributed by atoms with E-state index in [4.69, 9.17) is 0 Å². The van der Waals surface area contributed by atoms with Crippen LogP contribution in [0.1, 0.15) is 36.8 Å². The number of carbonyl (C=O) groups is 2. The summed E-state index contributed by atoms with van der Waals surface area (Å²) in [6, 6.07) is 7.80. The van der Waals surface area contributed by atoms with Crippen molar-refractivity contribution in [3.8, 4) is 0 Å². The third-order valence-electron chi connectivity index (χ3n) is 4.42. The zero-order chi connectivity index (χ0) is 19.3. The van der Waals surface area contributed by atoms with Crippen molar-refractivity contribution < 1.29 is 9.59 Å². The van der Waals surface area contributed by atoms with Gasteiger partial charge in [0.05, 0.1) is 5.75 Å². The molecule has 2 amide bonds. The van der Waals surface area contributed by atoms with E-state index in [0.717, 1.165) is 12.1 Å². The molecule has 1 aliphatic heterocycles. The minimum atomic E-state index is -0.426. The van der Waals surface area contributed by atoms with Crippen LogP contribution in [0.25, 0.3) is 0 Å². The number of likely N-dealkylation sites (N-methyl/N-ethyl adjacent to an activating group) is 1. The van der Waals surface area contributed by atoms with Crippen LogP contribution >= 0.6 is 11.8 Å². The first-order valence-electron chi connectivity index (χ1n) is 9.21. The molecule has 1 aliphatic rings. The Kier molecular flexibility index (Phi) is 7.53. The lowest BCUT2D eigenvalue weighted by Crippen LogP contribution is -2.50. The van der Waals surface area contributed by atoms with Crippen molar-refractivity contribution in [3.05, 3.63) is 35.4 Å². The molecule has 1 N–H and O–H groups in total. The first-order chi connectivity index (χ1) is 12.3. The molecule has 1 saturated heterocycles. The van der Waals surface area contributed by atoms with E-state index in [2.05, 4.69) is 38.2 Å². The molecule has 0 aromatic heterocycles. The van der Waals surface area contributed by atoms with E-state index in [1.165, 1.54) is 5.56 Å². The summed E-state index contributed by atoms with van der Waals surface area (Å²) in [5, 5.41) is 2.92. The molecule has 6 heteroatoms. The number of aryl methyl sites for hydroxylation is 1. The van der Waals surface area contributed by atoms with Gasteiger partial charge in [0.25, 0.3) is 0 Å². The van der Waals surface area contributed by atoms with Crippen molar-refractivity contribution in [3.63, 3.8) is 0 Å². The van der Waals surface area contributed by atoms with Crippen molar-refractivity contribution in [2.24, 2.45) is 5.92 Å². The van der Waals surface area contributed by atoms with E-state index in [9.17, 15) is 9.59 Å². The Morgan fingerprint density at radius 3 is 2.73 bits per heavy atom. The summed E-state index contributed by atoms with van der Waals surface area (Å²) in [5.41, 5.74) is 2.26. The maximum atomic E-state index is 12.9. The van der Waals surface area contributed by atoms with Crippen molar-refractivity contribution in [2.75, 3.05) is 32.9 Å². The van der Waals surface area contributed by atoms with Gasteiger partial charge in [-0.15, -0.1) is 11.8 Å². The van der Waals surface area contributed by atoms with Crippen LogP contribution in [0.3, 0.4) is 0 Å². The number of hydrogen-bond acceptors (Lipinski definition) is 4. The number of nitrogens with zero attached hydrogens (tertiary/aromatic N) is 2. The normalized spacial score (nSPS) is 18.7. The molecule has 1 aromatic carbocycles. The lowest BCUT2D eigenvalue weighted by atomic mass is 10.0. The first-order valence-corrected chi connectivity index (χ1v) is 10.3. The number of hydrogen-bond donors (Lipinski definition) is 1. The highest BCUT2D eigenvalue weighted by Crippen LogP contribution is 2.41. The second kappa shape index (κ2) is 9.42. The summed E-state index contributed by atoms with van der Waals surface area (Å²) in [6.07, 6.45) is 0.669. The summed E-state index contributed by atoms with van der Waals surface area (Å²) >= 11 is 1.61. The fourth-order valence-corrected chi connectivity index (χ4v) is 4.38. The van der Waals surface area contributed by atoms with Crippen LogP contribution in [0.4, 0.5) is 0 Å². The van der Waals surface area contributed by atoms with Crippen LogP contribution in [0.15, 0.2) is 24.3 Å². The zero-order valence-corrected chi connectivity index (χ0v) is 17.3.